The van der Waals surface area contributed by atoms with Crippen LogP contribution in [0.5, 0.6) is 0 Å². The third-order valence-corrected chi connectivity index (χ3v) is 4.83. The van der Waals surface area contributed by atoms with Gasteiger partial charge >= 0.3 is 0 Å². The van der Waals surface area contributed by atoms with Crippen LogP contribution < -0.4 is 11.3 Å². The molecule has 0 aliphatic heterocycles. The third kappa shape index (κ3) is 2.58. The number of aryl methyl sites for hydroxylation is 1. The van der Waals surface area contributed by atoms with E-state index in [-0.39, 0.29) is 0 Å². The number of anilines is 1. The van der Waals surface area contributed by atoms with Crippen LogP contribution in [0.1, 0.15) is 55.1 Å². The van der Waals surface area contributed by atoms with Crippen LogP contribution in [0.3, 0.4) is 0 Å². The number of hydrazine groups is 1. The third-order valence-electron chi connectivity index (χ3n) is 3.89. The number of nitrogen functional groups attached to an aromatic ring is 1. The molecule has 2 aromatic heterocycles. The fourth-order valence-corrected chi connectivity index (χ4v) is 3.78. The first-order valence-corrected chi connectivity index (χ1v) is 7.84. The second kappa shape index (κ2) is 5.43. The number of nitrogens with one attached hydrogen (secondary N) is 1. The predicted octanol–water partition coefficient (Wildman–Crippen LogP) is 3.72. The zero-order valence-corrected chi connectivity index (χ0v) is 12.1. The normalized spacial score (nSPS) is 17.6. The van der Waals surface area contributed by atoms with Crippen molar-refractivity contribution in [2.75, 3.05) is 5.43 Å². The molecule has 0 unspecified atom stereocenters. The van der Waals surface area contributed by atoms with Crippen molar-refractivity contribution in [1.82, 2.24) is 9.97 Å². The molecule has 1 saturated carbocycles. The Morgan fingerprint density at radius 1 is 1.21 bits per heavy atom. The molecule has 2 aromatic rings. The SMILES string of the molecule is Cc1cc2c(NN)nc(C3CCCCCC3)nc2s1. The Bertz CT molecular complexity index is 570. The van der Waals surface area contributed by atoms with E-state index in [1.54, 1.807) is 11.3 Å². The quantitative estimate of drug-likeness (QED) is 0.498. The van der Waals surface area contributed by atoms with Crippen molar-refractivity contribution in [2.24, 2.45) is 5.84 Å². The second-order valence-electron chi connectivity index (χ2n) is 5.34. The van der Waals surface area contributed by atoms with Crippen molar-refractivity contribution < 1.29 is 0 Å². The summed E-state index contributed by atoms with van der Waals surface area (Å²) >= 11 is 1.72. The zero-order chi connectivity index (χ0) is 13.2. The Kier molecular flexibility index (Phi) is 3.66. The zero-order valence-electron chi connectivity index (χ0n) is 11.3. The molecule has 0 spiro atoms. The summed E-state index contributed by atoms with van der Waals surface area (Å²) in [4.78, 5) is 11.7. The highest BCUT2D eigenvalue weighted by Gasteiger charge is 2.19. The van der Waals surface area contributed by atoms with Crippen LogP contribution in [0.15, 0.2) is 6.07 Å². The Morgan fingerprint density at radius 2 is 1.95 bits per heavy atom. The van der Waals surface area contributed by atoms with Gasteiger partial charge in [0.15, 0.2) is 5.82 Å². The van der Waals surface area contributed by atoms with Crippen molar-refractivity contribution in [3.63, 3.8) is 0 Å². The molecule has 19 heavy (non-hydrogen) atoms. The highest BCUT2D eigenvalue weighted by Crippen LogP contribution is 2.34. The molecule has 3 rings (SSSR count). The van der Waals surface area contributed by atoms with Gasteiger partial charge in [-0.15, -0.1) is 11.3 Å². The van der Waals surface area contributed by atoms with E-state index in [0.717, 1.165) is 21.9 Å². The van der Waals surface area contributed by atoms with Gasteiger partial charge in [-0.25, -0.2) is 15.8 Å². The van der Waals surface area contributed by atoms with E-state index in [1.165, 1.54) is 43.4 Å². The highest BCUT2D eigenvalue weighted by molar-refractivity contribution is 7.18. The molecule has 1 aliphatic carbocycles. The lowest BCUT2D eigenvalue weighted by atomic mass is 9.99. The van der Waals surface area contributed by atoms with E-state index >= 15 is 0 Å². The Balaban J connectivity index is 2.02. The minimum Gasteiger partial charge on any atom is -0.308 e. The average molecular weight is 276 g/mol. The van der Waals surface area contributed by atoms with E-state index in [0.29, 0.717) is 5.92 Å². The summed E-state index contributed by atoms with van der Waals surface area (Å²) in [6.45, 7) is 2.10. The van der Waals surface area contributed by atoms with Gasteiger partial charge < -0.3 is 5.43 Å². The number of thiophene rings is 1. The molecule has 0 atom stereocenters. The van der Waals surface area contributed by atoms with Crippen LogP contribution in [0.2, 0.25) is 0 Å². The van der Waals surface area contributed by atoms with Gasteiger partial charge in [-0.05, 0) is 25.8 Å². The molecule has 0 saturated heterocycles. The first kappa shape index (κ1) is 12.8. The van der Waals surface area contributed by atoms with Crippen LogP contribution >= 0.6 is 11.3 Å². The van der Waals surface area contributed by atoms with Crippen molar-refractivity contribution in [3.05, 3.63) is 16.8 Å². The van der Waals surface area contributed by atoms with Crippen molar-refractivity contribution in [3.8, 4) is 0 Å². The van der Waals surface area contributed by atoms with Crippen LogP contribution in [-0.4, -0.2) is 9.97 Å². The van der Waals surface area contributed by atoms with E-state index in [2.05, 4.69) is 23.4 Å². The molecule has 0 bridgehead atoms. The van der Waals surface area contributed by atoms with Gasteiger partial charge in [0.25, 0.3) is 0 Å². The lowest BCUT2D eigenvalue weighted by Crippen LogP contribution is -2.12. The molecule has 3 N–H and O–H groups in total. The summed E-state index contributed by atoms with van der Waals surface area (Å²) in [5.74, 6) is 7.87. The first-order valence-electron chi connectivity index (χ1n) is 7.02. The number of nitrogens with zero attached hydrogens (tertiary/aromatic N) is 2. The van der Waals surface area contributed by atoms with E-state index in [1.807, 2.05) is 0 Å². The summed E-state index contributed by atoms with van der Waals surface area (Å²) < 4.78 is 0. The smallest absolute Gasteiger partial charge is 0.152 e. The molecule has 1 fully saturated rings. The minimum absolute atomic E-state index is 0.501. The van der Waals surface area contributed by atoms with Gasteiger partial charge in [0.2, 0.25) is 0 Å². The van der Waals surface area contributed by atoms with Crippen LogP contribution in [0, 0.1) is 6.92 Å². The molecule has 5 heteroatoms. The lowest BCUT2D eigenvalue weighted by Gasteiger charge is -2.13. The highest BCUT2D eigenvalue weighted by atomic mass is 32.1. The number of rotatable bonds is 2. The van der Waals surface area contributed by atoms with Crippen LogP contribution in [0.25, 0.3) is 10.2 Å². The monoisotopic (exact) mass is 276 g/mol. The predicted molar refractivity (Wildman–Crippen MR) is 80.4 cm³/mol. The fourth-order valence-electron chi connectivity index (χ4n) is 2.89. The van der Waals surface area contributed by atoms with Crippen LogP contribution in [-0.2, 0) is 0 Å². The van der Waals surface area contributed by atoms with Gasteiger partial charge in [0, 0.05) is 10.8 Å². The van der Waals surface area contributed by atoms with Gasteiger partial charge in [-0.1, -0.05) is 25.7 Å². The standard InChI is InChI=1S/C14H20N4S/c1-9-8-11-13(18-15)16-12(17-14(11)19-9)10-6-4-2-3-5-7-10/h8,10H,2-7,15H2,1H3,(H,16,17,18). The fraction of sp³-hybridized carbons (Fsp3) is 0.571. The minimum atomic E-state index is 0.501. The summed E-state index contributed by atoms with van der Waals surface area (Å²) in [5.41, 5.74) is 2.73. The maximum Gasteiger partial charge on any atom is 0.152 e. The lowest BCUT2D eigenvalue weighted by molar-refractivity contribution is 0.563. The second-order valence-corrected chi connectivity index (χ2v) is 6.57. The van der Waals surface area contributed by atoms with Gasteiger partial charge in [0.1, 0.15) is 10.7 Å². The molecule has 0 amide bonds. The summed E-state index contributed by atoms with van der Waals surface area (Å²) in [6.07, 6.45) is 7.69. The summed E-state index contributed by atoms with van der Waals surface area (Å²) in [7, 11) is 0. The number of fused-ring (bicyclic) bond motifs is 1. The molecule has 0 aromatic carbocycles. The van der Waals surface area contributed by atoms with Gasteiger partial charge in [-0.3, -0.25) is 0 Å². The van der Waals surface area contributed by atoms with Crippen molar-refractivity contribution >= 4 is 27.4 Å². The Hall–Kier alpha value is -1.20. The van der Waals surface area contributed by atoms with Crippen LogP contribution in [0.4, 0.5) is 5.82 Å². The molecular formula is C14H20N4S. The molecule has 4 nitrogen and oxygen atoms in total. The maximum atomic E-state index is 5.62. The van der Waals surface area contributed by atoms with E-state index in [4.69, 9.17) is 10.8 Å². The summed E-state index contributed by atoms with van der Waals surface area (Å²) in [6, 6.07) is 2.10. The number of nitrogens with two attached hydrogens (primary N) is 1. The topological polar surface area (TPSA) is 63.8 Å². The molecule has 0 radical (unpaired) electrons. The van der Waals surface area contributed by atoms with Gasteiger partial charge in [-0.2, -0.15) is 0 Å². The molecule has 102 valence electrons. The summed E-state index contributed by atoms with van der Waals surface area (Å²) in [5, 5.41) is 1.04. The van der Waals surface area contributed by atoms with Crippen molar-refractivity contribution in [2.45, 2.75) is 51.4 Å². The Labute approximate surface area is 117 Å². The number of aromatic nitrogens is 2. The largest absolute Gasteiger partial charge is 0.308 e. The number of hydrogen-bond acceptors (Lipinski definition) is 5. The molecule has 2 heterocycles. The van der Waals surface area contributed by atoms with Gasteiger partial charge in [0.05, 0.1) is 5.39 Å². The molecular weight excluding hydrogens is 256 g/mol. The number of hydrogen-bond donors (Lipinski definition) is 2. The van der Waals surface area contributed by atoms with E-state index < -0.39 is 0 Å². The average Bonchev–Trinajstić information content (AvgIpc) is 2.64. The Morgan fingerprint density at radius 3 is 2.63 bits per heavy atom. The maximum absolute atomic E-state index is 5.62. The molecule has 1 aliphatic rings. The first-order chi connectivity index (χ1) is 9.28. The van der Waals surface area contributed by atoms with Crippen molar-refractivity contribution in [1.29, 1.82) is 0 Å². The van der Waals surface area contributed by atoms with E-state index in [9.17, 15) is 0 Å².